The van der Waals surface area contributed by atoms with E-state index in [0.29, 0.717) is 17.9 Å². The number of aliphatic carboxylic acids is 1. The summed E-state index contributed by atoms with van der Waals surface area (Å²) in [6.45, 7) is 3.87. The molecule has 0 bridgehead atoms. The van der Waals surface area contributed by atoms with Crippen molar-refractivity contribution in [3.05, 3.63) is 22.2 Å². The van der Waals surface area contributed by atoms with Crippen LogP contribution in [0.5, 0.6) is 11.5 Å². The van der Waals surface area contributed by atoms with Gasteiger partial charge in [-0.3, -0.25) is 4.79 Å². The third kappa shape index (κ3) is 4.22. The molecule has 0 aromatic heterocycles. The van der Waals surface area contributed by atoms with Crippen molar-refractivity contribution in [3.8, 4) is 11.5 Å². The molecule has 5 heteroatoms. The fourth-order valence-corrected chi connectivity index (χ4v) is 2.04. The zero-order valence-corrected chi connectivity index (χ0v) is 12.3. The van der Waals surface area contributed by atoms with Crippen LogP contribution in [0.2, 0.25) is 0 Å². The molecule has 18 heavy (non-hydrogen) atoms. The molecule has 1 aromatic rings. The van der Waals surface area contributed by atoms with Gasteiger partial charge in [-0.05, 0) is 38.0 Å². The van der Waals surface area contributed by atoms with Crippen molar-refractivity contribution in [2.45, 2.75) is 32.8 Å². The molecule has 0 saturated carbocycles. The van der Waals surface area contributed by atoms with Gasteiger partial charge in [-0.1, -0.05) is 15.9 Å². The number of rotatable bonds is 6. The minimum absolute atomic E-state index is 0.0515. The van der Waals surface area contributed by atoms with E-state index in [0.717, 1.165) is 10.0 Å². The topological polar surface area (TPSA) is 55.8 Å². The summed E-state index contributed by atoms with van der Waals surface area (Å²) in [5.41, 5.74) is 0.894. The maximum absolute atomic E-state index is 10.6. The van der Waals surface area contributed by atoms with Gasteiger partial charge < -0.3 is 14.6 Å². The summed E-state index contributed by atoms with van der Waals surface area (Å²) in [5, 5.41) is 8.69. The monoisotopic (exact) mass is 316 g/mol. The number of carbonyl (C=O) groups is 1. The number of hydrogen-bond donors (Lipinski definition) is 1. The van der Waals surface area contributed by atoms with Gasteiger partial charge in [0.1, 0.15) is 0 Å². The molecule has 0 heterocycles. The molecule has 0 radical (unpaired) electrons. The number of ether oxygens (including phenoxy) is 2. The Hall–Kier alpha value is -1.23. The minimum atomic E-state index is -0.816. The molecule has 100 valence electrons. The number of halogens is 1. The summed E-state index contributed by atoms with van der Waals surface area (Å²) in [4.78, 5) is 10.6. The normalized spacial score (nSPS) is 10.5. The van der Waals surface area contributed by atoms with Gasteiger partial charge >= 0.3 is 5.97 Å². The maximum Gasteiger partial charge on any atom is 0.303 e. The second kappa shape index (κ2) is 6.64. The zero-order valence-electron chi connectivity index (χ0n) is 10.7. The highest BCUT2D eigenvalue weighted by Crippen LogP contribution is 2.34. The summed E-state index contributed by atoms with van der Waals surface area (Å²) in [7, 11) is 1.57. The Morgan fingerprint density at radius 2 is 2.06 bits per heavy atom. The van der Waals surface area contributed by atoms with Crippen LogP contribution in [-0.2, 0) is 11.2 Å². The van der Waals surface area contributed by atoms with Crippen LogP contribution in [-0.4, -0.2) is 24.3 Å². The highest BCUT2D eigenvalue weighted by atomic mass is 79.9. The summed E-state index contributed by atoms with van der Waals surface area (Å²) < 4.78 is 11.7. The lowest BCUT2D eigenvalue weighted by Gasteiger charge is -2.15. The highest BCUT2D eigenvalue weighted by Gasteiger charge is 2.12. The van der Waals surface area contributed by atoms with E-state index in [-0.39, 0.29) is 12.5 Å². The van der Waals surface area contributed by atoms with Gasteiger partial charge in [0.15, 0.2) is 11.5 Å². The van der Waals surface area contributed by atoms with Crippen LogP contribution < -0.4 is 9.47 Å². The predicted octanol–water partition coefficient (Wildman–Crippen LogP) is 3.26. The van der Waals surface area contributed by atoms with Gasteiger partial charge in [-0.2, -0.15) is 0 Å². The minimum Gasteiger partial charge on any atom is -0.493 e. The number of hydrogen-bond acceptors (Lipinski definition) is 3. The maximum atomic E-state index is 10.6. The molecule has 1 N–H and O–H groups in total. The fourth-order valence-electron chi connectivity index (χ4n) is 1.52. The van der Waals surface area contributed by atoms with E-state index in [4.69, 9.17) is 14.6 Å². The Balaban J connectivity index is 2.98. The molecule has 0 aliphatic carbocycles. The van der Waals surface area contributed by atoms with Gasteiger partial charge in [-0.15, -0.1) is 0 Å². The number of carboxylic acids is 1. The Bertz CT molecular complexity index is 429. The second-order valence-electron chi connectivity index (χ2n) is 4.15. The number of carboxylic acid groups (broad SMARTS) is 1. The first-order chi connectivity index (χ1) is 8.43. The molecule has 0 saturated heterocycles. The number of benzene rings is 1. The van der Waals surface area contributed by atoms with Crippen molar-refractivity contribution in [2.24, 2.45) is 0 Å². The molecule has 0 amide bonds. The van der Waals surface area contributed by atoms with E-state index in [1.165, 1.54) is 0 Å². The van der Waals surface area contributed by atoms with Gasteiger partial charge in [0.25, 0.3) is 0 Å². The first kappa shape index (κ1) is 14.8. The van der Waals surface area contributed by atoms with E-state index in [9.17, 15) is 4.79 Å². The molecular formula is C13H17BrO4. The number of methoxy groups -OCH3 is 1. The van der Waals surface area contributed by atoms with Gasteiger partial charge in [0.05, 0.1) is 13.2 Å². The Morgan fingerprint density at radius 3 is 2.56 bits per heavy atom. The largest absolute Gasteiger partial charge is 0.493 e. The van der Waals surface area contributed by atoms with E-state index >= 15 is 0 Å². The fraction of sp³-hybridized carbons (Fsp3) is 0.462. The average Bonchev–Trinajstić information content (AvgIpc) is 2.27. The Morgan fingerprint density at radius 1 is 1.39 bits per heavy atom. The molecule has 1 rings (SSSR count). The number of aryl methyl sites for hydroxylation is 1. The van der Waals surface area contributed by atoms with Crippen molar-refractivity contribution in [1.82, 2.24) is 0 Å². The third-order valence-corrected chi connectivity index (χ3v) is 3.04. The first-order valence-corrected chi connectivity index (χ1v) is 6.48. The van der Waals surface area contributed by atoms with Gasteiger partial charge in [0.2, 0.25) is 0 Å². The summed E-state index contributed by atoms with van der Waals surface area (Å²) in [6.07, 6.45) is 0.594. The lowest BCUT2D eigenvalue weighted by atomic mass is 10.1. The lowest BCUT2D eigenvalue weighted by Crippen LogP contribution is -2.07. The highest BCUT2D eigenvalue weighted by molar-refractivity contribution is 9.10. The van der Waals surface area contributed by atoms with E-state index in [1.807, 2.05) is 26.0 Å². The van der Waals surface area contributed by atoms with E-state index in [2.05, 4.69) is 15.9 Å². The van der Waals surface area contributed by atoms with Crippen LogP contribution in [0.4, 0.5) is 0 Å². The smallest absolute Gasteiger partial charge is 0.303 e. The summed E-state index contributed by atoms with van der Waals surface area (Å²) in [5.74, 6) is 0.453. The van der Waals surface area contributed by atoms with Gasteiger partial charge in [0, 0.05) is 10.9 Å². The van der Waals surface area contributed by atoms with Crippen LogP contribution >= 0.6 is 15.9 Å². The van der Waals surface area contributed by atoms with Crippen molar-refractivity contribution >= 4 is 21.9 Å². The molecule has 0 spiro atoms. The molecule has 4 nitrogen and oxygen atoms in total. The zero-order chi connectivity index (χ0) is 13.7. The first-order valence-electron chi connectivity index (χ1n) is 5.69. The van der Waals surface area contributed by atoms with Crippen molar-refractivity contribution < 1.29 is 19.4 Å². The molecule has 0 unspecified atom stereocenters. The van der Waals surface area contributed by atoms with Gasteiger partial charge in [-0.25, -0.2) is 0 Å². The van der Waals surface area contributed by atoms with Crippen LogP contribution in [0.25, 0.3) is 0 Å². The van der Waals surface area contributed by atoms with Crippen LogP contribution in [0.1, 0.15) is 25.8 Å². The summed E-state index contributed by atoms with van der Waals surface area (Å²) in [6, 6.07) is 3.63. The lowest BCUT2D eigenvalue weighted by molar-refractivity contribution is -0.136. The van der Waals surface area contributed by atoms with E-state index < -0.39 is 5.97 Å². The van der Waals surface area contributed by atoms with Crippen LogP contribution in [0.15, 0.2) is 16.6 Å². The molecule has 1 aromatic carbocycles. The van der Waals surface area contributed by atoms with Crippen LogP contribution in [0, 0.1) is 0 Å². The quantitative estimate of drug-likeness (QED) is 0.875. The standard InChI is InChI=1S/C13H17BrO4/c1-8(2)18-12-7-10(14)9(4-5-13(15)16)6-11(12)17-3/h6-8H,4-5H2,1-3H3,(H,15,16). The second-order valence-corrected chi connectivity index (χ2v) is 5.01. The van der Waals surface area contributed by atoms with E-state index in [1.54, 1.807) is 7.11 Å². The van der Waals surface area contributed by atoms with Crippen molar-refractivity contribution in [3.63, 3.8) is 0 Å². The Kier molecular flexibility index (Phi) is 5.47. The molecular weight excluding hydrogens is 300 g/mol. The molecule has 0 fully saturated rings. The predicted molar refractivity (Wildman–Crippen MR) is 72.4 cm³/mol. The van der Waals surface area contributed by atoms with Crippen LogP contribution in [0.3, 0.4) is 0 Å². The SMILES string of the molecule is COc1cc(CCC(=O)O)c(Br)cc1OC(C)C. The molecule has 0 aliphatic rings. The molecule has 0 aliphatic heterocycles. The molecule has 0 atom stereocenters. The van der Waals surface area contributed by atoms with Crippen molar-refractivity contribution in [2.75, 3.05) is 7.11 Å². The Labute approximate surface area is 115 Å². The average molecular weight is 317 g/mol. The third-order valence-electron chi connectivity index (χ3n) is 2.30. The van der Waals surface area contributed by atoms with Crippen molar-refractivity contribution in [1.29, 1.82) is 0 Å². The summed E-state index contributed by atoms with van der Waals surface area (Å²) >= 11 is 3.42.